The van der Waals surface area contributed by atoms with E-state index in [0.29, 0.717) is 11.5 Å². The fraction of sp³-hybridized carbons (Fsp3) is 0.231. The predicted octanol–water partition coefficient (Wildman–Crippen LogP) is 2.59. The molecule has 106 valence electrons. The van der Waals surface area contributed by atoms with Gasteiger partial charge in [0.05, 0.1) is 12.3 Å². The standard InChI is InChI=1S/C13H13NO4S2/c15-12(8-19-7-10-2-1-5-20-10)14-6-9-3-4-11(18-9)13(16)17/h1-5H,6-8H2,(H,14,15)(H,16,17). The van der Waals surface area contributed by atoms with Crippen molar-refractivity contribution in [3.8, 4) is 0 Å². The molecule has 0 atom stereocenters. The normalized spacial score (nSPS) is 10.4. The van der Waals surface area contributed by atoms with Crippen molar-refractivity contribution < 1.29 is 19.1 Å². The first-order valence-electron chi connectivity index (χ1n) is 5.84. The van der Waals surface area contributed by atoms with E-state index in [4.69, 9.17) is 9.52 Å². The lowest BCUT2D eigenvalue weighted by atomic mass is 10.4. The van der Waals surface area contributed by atoms with Crippen molar-refractivity contribution in [2.24, 2.45) is 0 Å². The quantitative estimate of drug-likeness (QED) is 0.821. The summed E-state index contributed by atoms with van der Waals surface area (Å²) in [5.74, 6) is 0.272. The van der Waals surface area contributed by atoms with Crippen molar-refractivity contribution in [2.75, 3.05) is 5.75 Å². The molecule has 0 saturated carbocycles. The van der Waals surface area contributed by atoms with Crippen molar-refractivity contribution in [1.82, 2.24) is 5.32 Å². The highest BCUT2D eigenvalue weighted by Gasteiger charge is 2.09. The van der Waals surface area contributed by atoms with Crippen LogP contribution in [0.15, 0.2) is 34.1 Å². The first kappa shape index (κ1) is 14.7. The summed E-state index contributed by atoms with van der Waals surface area (Å²) < 4.78 is 5.04. The third-order valence-electron chi connectivity index (χ3n) is 2.39. The molecule has 0 aliphatic rings. The Morgan fingerprint density at radius 3 is 2.85 bits per heavy atom. The maximum absolute atomic E-state index is 11.6. The minimum Gasteiger partial charge on any atom is -0.475 e. The first-order chi connectivity index (χ1) is 9.65. The van der Waals surface area contributed by atoms with Gasteiger partial charge in [-0.1, -0.05) is 6.07 Å². The van der Waals surface area contributed by atoms with E-state index < -0.39 is 5.97 Å². The fourth-order valence-electron chi connectivity index (χ4n) is 1.46. The summed E-state index contributed by atoms with van der Waals surface area (Å²) in [5, 5.41) is 13.4. The summed E-state index contributed by atoms with van der Waals surface area (Å²) in [6.45, 7) is 0.200. The molecule has 0 unspecified atom stereocenters. The number of carboxylic acid groups (broad SMARTS) is 1. The Hall–Kier alpha value is -1.73. The van der Waals surface area contributed by atoms with Crippen molar-refractivity contribution >= 4 is 35.0 Å². The van der Waals surface area contributed by atoms with Crippen molar-refractivity contribution in [2.45, 2.75) is 12.3 Å². The number of rotatable bonds is 7. The molecule has 2 aromatic heterocycles. The average Bonchev–Trinajstić information content (AvgIpc) is 3.07. The van der Waals surface area contributed by atoms with Gasteiger partial charge in [-0.3, -0.25) is 4.79 Å². The second-order valence-electron chi connectivity index (χ2n) is 3.92. The molecule has 20 heavy (non-hydrogen) atoms. The van der Waals surface area contributed by atoms with Crippen molar-refractivity contribution in [3.63, 3.8) is 0 Å². The van der Waals surface area contributed by atoms with Gasteiger partial charge in [0, 0.05) is 10.6 Å². The number of hydrogen-bond acceptors (Lipinski definition) is 5. The maximum atomic E-state index is 11.6. The molecule has 0 aliphatic heterocycles. The number of hydrogen-bond donors (Lipinski definition) is 2. The average molecular weight is 311 g/mol. The van der Waals surface area contributed by atoms with Gasteiger partial charge in [0.1, 0.15) is 5.76 Å². The molecule has 0 aromatic carbocycles. The third kappa shape index (κ3) is 4.43. The SMILES string of the molecule is O=C(CSCc1cccs1)NCc1ccc(C(=O)O)o1. The molecule has 5 nitrogen and oxygen atoms in total. The second kappa shape index (κ2) is 7.16. The van der Waals surface area contributed by atoms with Crippen LogP contribution in [0.5, 0.6) is 0 Å². The van der Waals surface area contributed by atoms with E-state index in [1.165, 1.54) is 22.7 Å². The van der Waals surface area contributed by atoms with Crippen LogP contribution in [0.1, 0.15) is 21.2 Å². The summed E-state index contributed by atoms with van der Waals surface area (Å²) in [4.78, 5) is 23.5. The van der Waals surface area contributed by atoms with Gasteiger partial charge in [0.25, 0.3) is 0 Å². The number of carboxylic acids is 1. The van der Waals surface area contributed by atoms with E-state index in [1.807, 2.05) is 17.5 Å². The van der Waals surface area contributed by atoms with Gasteiger partial charge in [-0.15, -0.1) is 23.1 Å². The molecule has 0 bridgehead atoms. The van der Waals surface area contributed by atoms with Crippen LogP contribution in [0.25, 0.3) is 0 Å². The van der Waals surface area contributed by atoms with E-state index in [1.54, 1.807) is 17.4 Å². The van der Waals surface area contributed by atoms with Crippen LogP contribution in [-0.2, 0) is 17.1 Å². The van der Waals surface area contributed by atoms with Gasteiger partial charge < -0.3 is 14.8 Å². The smallest absolute Gasteiger partial charge is 0.371 e. The van der Waals surface area contributed by atoms with Crippen LogP contribution in [0.2, 0.25) is 0 Å². The van der Waals surface area contributed by atoms with Crippen LogP contribution in [0.4, 0.5) is 0 Å². The monoisotopic (exact) mass is 311 g/mol. The zero-order chi connectivity index (χ0) is 14.4. The molecule has 0 saturated heterocycles. The molecule has 2 N–H and O–H groups in total. The summed E-state index contributed by atoms with van der Waals surface area (Å²) in [6, 6.07) is 6.93. The van der Waals surface area contributed by atoms with Crippen molar-refractivity contribution in [3.05, 3.63) is 46.0 Å². The Bertz CT molecular complexity index is 577. The highest BCUT2D eigenvalue weighted by atomic mass is 32.2. The molecule has 2 aromatic rings. The molecule has 0 fully saturated rings. The number of thioether (sulfide) groups is 1. The van der Waals surface area contributed by atoms with Gasteiger partial charge in [0.2, 0.25) is 11.7 Å². The summed E-state index contributed by atoms with van der Waals surface area (Å²) >= 11 is 3.21. The zero-order valence-corrected chi connectivity index (χ0v) is 12.1. The number of amides is 1. The van der Waals surface area contributed by atoms with Gasteiger partial charge in [-0.25, -0.2) is 4.79 Å². The Morgan fingerprint density at radius 2 is 2.20 bits per heavy atom. The largest absolute Gasteiger partial charge is 0.475 e. The maximum Gasteiger partial charge on any atom is 0.371 e. The van der Waals surface area contributed by atoms with E-state index in [-0.39, 0.29) is 18.2 Å². The number of aromatic carboxylic acids is 1. The minimum atomic E-state index is -1.12. The molecule has 0 radical (unpaired) electrons. The van der Waals surface area contributed by atoms with E-state index in [2.05, 4.69) is 5.32 Å². The Kier molecular flexibility index (Phi) is 5.25. The highest BCUT2D eigenvalue weighted by Crippen LogP contribution is 2.16. The van der Waals surface area contributed by atoms with Crippen LogP contribution >= 0.6 is 23.1 Å². The number of furan rings is 1. The number of thiophene rings is 1. The van der Waals surface area contributed by atoms with Crippen LogP contribution in [0.3, 0.4) is 0 Å². The van der Waals surface area contributed by atoms with Gasteiger partial charge in [0.15, 0.2) is 0 Å². The Labute approximate surface area is 124 Å². The predicted molar refractivity (Wildman–Crippen MR) is 78.0 cm³/mol. The number of nitrogens with one attached hydrogen (secondary N) is 1. The van der Waals surface area contributed by atoms with E-state index in [9.17, 15) is 9.59 Å². The molecule has 2 heterocycles. The lowest BCUT2D eigenvalue weighted by Crippen LogP contribution is -2.24. The van der Waals surface area contributed by atoms with Crippen LogP contribution in [0, 0.1) is 0 Å². The molecule has 0 spiro atoms. The van der Waals surface area contributed by atoms with Crippen molar-refractivity contribution in [1.29, 1.82) is 0 Å². The summed E-state index contributed by atoms with van der Waals surface area (Å²) in [7, 11) is 0. The molecular weight excluding hydrogens is 298 g/mol. The third-order valence-corrected chi connectivity index (χ3v) is 4.43. The Balaban J connectivity index is 1.67. The number of carbonyl (C=O) groups is 2. The topological polar surface area (TPSA) is 79.5 Å². The van der Waals surface area contributed by atoms with Crippen LogP contribution in [-0.4, -0.2) is 22.7 Å². The van der Waals surface area contributed by atoms with E-state index >= 15 is 0 Å². The molecular formula is C13H13NO4S2. The first-order valence-corrected chi connectivity index (χ1v) is 7.87. The lowest BCUT2D eigenvalue weighted by molar-refractivity contribution is -0.118. The summed E-state index contributed by atoms with van der Waals surface area (Å²) in [5.41, 5.74) is 0. The highest BCUT2D eigenvalue weighted by molar-refractivity contribution is 7.99. The van der Waals surface area contributed by atoms with Gasteiger partial charge >= 0.3 is 5.97 Å². The Morgan fingerprint density at radius 1 is 1.35 bits per heavy atom. The molecule has 0 aliphatic carbocycles. The van der Waals surface area contributed by atoms with Gasteiger partial charge in [-0.2, -0.15) is 0 Å². The second-order valence-corrected chi connectivity index (χ2v) is 5.94. The van der Waals surface area contributed by atoms with Gasteiger partial charge in [-0.05, 0) is 23.6 Å². The zero-order valence-electron chi connectivity index (χ0n) is 10.5. The minimum absolute atomic E-state index is 0.0974. The van der Waals surface area contributed by atoms with E-state index in [0.717, 1.165) is 5.75 Å². The lowest BCUT2D eigenvalue weighted by Gasteiger charge is -2.02. The molecule has 7 heteroatoms. The molecule has 1 amide bonds. The fourth-order valence-corrected chi connectivity index (χ4v) is 3.16. The molecule has 2 rings (SSSR count). The van der Waals surface area contributed by atoms with Crippen LogP contribution < -0.4 is 5.32 Å². The number of carbonyl (C=O) groups excluding carboxylic acids is 1. The summed E-state index contributed by atoms with van der Waals surface area (Å²) in [6.07, 6.45) is 0.